The number of amides is 1. The van der Waals surface area contributed by atoms with E-state index in [2.05, 4.69) is 10.3 Å². The van der Waals surface area contributed by atoms with Crippen molar-refractivity contribution in [2.24, 2.45) is 0 Å². The Morgan fingerprint density at radius 1 is 1.47 bits per heavy atom. The summed E-state index contributed by atoms with van der Waals surface area (Å²) in [5, 5.41) is 2.92. The molecule has 1 N–H and O–H groups in total. The zero-order chi connectivity index (χ0) is 11.3. The van der Waals surface area contributed by atoms with Crippen molar-refractivity contribution < 1.29 is 4.79 Å². The van der Waals surface area contributed by atoms with Crippen LogP contribution in [0.2, 0.25) is 0 Å². The molecule has 1 heterocycles. The molecule has 0 aliphatic carbocycles. The van der Waals surface area contributed by atoms with Crippen LogP contribution in [0.4, 0.5) is 0 Å². The topological polar surface area (TPSA) is 42.0 Å². The Balaban J connectivity index is 2.64. The Morgan fingerprint density at radius 2 is 2.07 bits per heavy atom. The maximum atomic E-state index is 11.8. The lowest BCUT2D eigenvalue weighted by Crippen LogP contribution is -2.43. The summed E-state index contributed by atoms with van der Waals surface area (Å²) in [5.41, 5.74) is 0.343. The maximum Gasteiger partial charge on any atom is 0.251 e. The SMILES string of the molecule is CC(C)(CCCl)NC(=O)c1ccncc1. The molecule has 0 aromatic carbocycles. The van der Waals surface area contributed by atoms with Gasteiger partial charge in [0.05, 0.1) is 0 Å². The normalized spacial score (nSPS) is 11.1. The van der Waals surface area contributed by atoms with Gasteiger partial charge in [-0.05, 0) is 32.4 Å². The molecule has 0 aliphatic rings. The largest absolute Gasteiger partial charge is 0.347 e. The summed E-state index contributed by atoms with van der Waals surface area (Å²) < 4.78 is 0. The molecule has 0 saturated carbocycles. The van der Waals surface area contributed by atoms with Gasteiger partial charge in [-0.15, -0.1) is 11.6 Å². The van der Waals surface area contributed by atoms with Gasteiger partial charge in [0.1, 0.15) is 0 Å². The highest BCUT2D eigenvalue weighted by atomic mass is 35.5. The van der Waals surface area contributed by atoms with Gasteiger partial charge in [0.2, 0.25) is 0 Å². The number of nitrogens with zero attached hydrogens (tertiary/aromatic N) is 1. The van der Waals surface area contributed by atoms with Crippen molar-refractivity contribution in [2.75, 3.05) is 5.88 Å². The van der Waals surface area contributed by atoms with Crippen LogP contribution >= 0.6 is 11.6 Å². The lowest BCUT2D eigenvalue weighted by molar-refractivity contribution is 0.0911. The van der Waals surface area contributed by atoms with Gasteiger partial charge in [-0.3, -0.25) is 9.78 Å². The first kappa shape index (κ1) is 12.0. The molecule has 82 valence electrons. The van der Waals surface area contributed by atoms with Gasteiger partial charge in [0.25, 0.3) is 5.91 Å². The fourth-order valence-electron chi connectivity index (χ4n) is 1.18. The first-order chi connectivity index (χ1) is 7.05. The zero-order valence-electron chi connectivity index (χ0n) is 8.96. The number of alkyl halides is 1. The van der Waals surface area contributed by atoms with Crippen LogP contribution in [0.3, 0.4) is 0 Å². The van der Waals surface area contributed by atoms with Crippen molar-refractivity contribution in [1.29, 1.82) is 0 Å². The molecule has 1 aromatic rings. The Bertz CT molecular complexity index is 325. The smallest absolute Gasteiger partial charge is 0.251 e. The molecule has 0 bridgehead atoms. The third kappa shape index (κ3) is 3.88. The number of halogens is 1. The fraction of sp³-hybridized carbons (Fsp3) is 0.455. The molecule has 0 saturated heterocycles. The number of hydrogen-bond donors (Lipinski definition) is 1. The van der Waals surface area contributed by atoms with E-state index in [0.29, 0.717) is 11.4 Å². The van der Waals surface area contributed by atoms with Crippen LogP contribution in [0.1, 0.15) is 30.6 Å². The van der Waals surface area contributed by atoms with Crippen molar-refractivity contribution in [3.8, 4) is 0 Å². The molecular weight excluding hydrogens is 212 g/mol. The van der Waals surface area contributed by atoms with Gasteiger partial charge < -0.3 is 5.32 Å². The third-order valence-corrected chi connectivity index (χ3v) is 2.30. The molecule has 0 atom stereocenters. The van der Waals surface area contributed by atoms with Crippen LogP contribution in [0, 0.1) is 0 Å². The minimum atomic E-state index is -0.276. The highest BCUT2D eigenvalue weighted by Crippen LogP contribution is 2.10. The van der Waals surface area contributed by atoms with Gasteiger partial charge in [-0.25, -0.2) is 0 Å². The highest BCUT2D eigenvalue weighted by molar-refractivity contribution is 6.17. The lowest BCUT2D eigenvalue weighted by atomic mass is 10.0. The standard InChI is InChI=1S/C11H15ClN2O/c1-11(2,5-6-12)14-10(15)9-3-7-13-8-4-9/h3-4,7-8H,5-6H2,1-2H3,(H,14,15). The monoisotopic (exact) mass is 226 g/mol. The molecule has 15 heavy (non-hydrogen) atoms. The van der Waals surface area contributed by atoms with E-state index >= 15 is 0 Å². The summed E-state index contributed by atoms with van der Waals surface area (Å²) in [6, 6.07) is 3.37. The van der Waals surface area contributed by atoms with Crippen molar-refractivity contribution in [2.45, 2.75) is 25.8 Å². The van der Waals surface area contributed by atoms with Gasteiger partial charge in [0, 0.05) is 29.4 Å². The molecule has 0 spiro atoms. The van der Waals surface area contributed by atoms with Gasteiger partial charge >= 0.3 is 0 Å². The summed E-state index contributed by atoms with van der Waals surface area (Å²) in [6.45, 7) is 3.91. The number of carbonyl (C=O) groups excluding carboxylic acids is 1. The number of rotatable bonds is 4. The molecule has 1 amide bonds. The van der Waals surface area contributed by atoms with Crippen LogP contribution < -0.4 is 5.32 Å². The third-order valence-electron chi connectivity index (χ3n) is 2.11. The van der Waals surface area contributed by atoms with Crippen LogP contribution in [-0.4, -0.2) is 22.3 Å². The van der Waals surface area contributed by atoms with Crippen LogP contribution in [0.25, 0.3) is 0 Å². The van der Waals surface area contributed by atoms with Gasteiger partial charge in [-0.2, -0.15) is 0 Å². The number of nitrogens with one attached hydrogen (secondary N) is 1. The first-order valence-corrected chi connectivity index (χ1v) is 5.37. The summed E-state index contributed by atoms with van der Waals surface area (Å²) in [6.07, 6.45) is 3.94. The quantitative estimate of drug-likeness (QED) is 0.800. The Morgan fingerprint density at radius 3 is 2.60 bits per heavy atom. The molecule has 4 heteroatoms. The fourth-order valence-corrected chi connectivity index (χ4v) is 1.65. The first-order valence-electron chi connectivity index (χ1n) is 4.84. The van der Waals surface area contributed by atoms with E-state index in [9.17, 15) is 4.79 Å². The van der Waals surface area contributed by atoms with Crippen LogP contribution in [0.15, 0.2) is 24.5 Å². The summed E-state index contributed by atoms with van der Waals surface area (Å²) >= 11 is 5.65. The molecule has 0 aliphatic heterocycles. The number of pyridine rings is 1. The molecule has 0 fully saturated rings. The van der Waals surface area contributed by atoms with E-state index in [1.54, 1.807) is 24.5 Å². The number of hydrogen-bond acceptors (Lipinski definition) is 2. The van der Waals surface area contributed by atoms with Gasteiger partial charge in [0.15, 0.2) is 0 Å². The van der Waals surface area contributed by atoms with E-state index in [1.165, 1.54) is 0 Å². The van der Waals surface area contributed by atoms with E-state index in [-0.39, 0.29) is 11.4 Å². The van der Waals surface area contributed by atoms with E-state index in [4.69, 9.17) is 11.6 Å². The molecule has 0 unspecified atom stereocenters. The van der Waals surface area contributed by atoms with Crippen LogP contribution in [-0.2, 0) is 0 Å². The summed E-state index contributed by atoms with van der Waals surface area (Å²) in [7, 11) is 0. The summed E-state index contributed by atoms with van der Waals surface area (Å²) in [4.78, 5) is 15.6. The average molecular weight is 227 g/mol. The molecule has 0 radical (unpaired) electrons. The second-order valence-corrected chi connectivity index (χ2v) is 4.39. The van der Waals surface area contributed by atoms with E-state index < -0.39 is 0 Å². The van der Waals surface area contributed by atoms with Crippen molar-refractivity contribution in [3.63, 3.8) is 0 Å². The van der Waals surface area contributed by atoms with E-state index in [1.807, 2.05) is 13.8 Å². The number of carbonyl (C=O) groups is 1. The Hall–Kier alpha value is -1.09. The second-order valence-electron chi connectivity index (χ2n) is 4.01. The Kier molecular flexibility index (Phi) is 4.09. The number of aromatic nitrogens is 1. The van der Waals surface area contributed by atoms with Crippen molar-refractivity contribution >= 4 is 17.5 Å². The lowest BCUT2D eigenvalue weighted by Gasteiger charge is -2.25. The molecule has 1 rings (SSSR count). The minimum Gasteiger partial charge on any atom is -0.347 e. The Labute approximate surface area is 94.9 Å². The average Bonchev–Trinajstić information content (AvgIpc) is 2.18. The van der Waals surface area contributed by atoms with E-state index in [0.717, 1.165) is 6.42 Å². The van der Waals surface area contributed by atoms with Crippen molar-refractivity contribution in [1.82, 2.24) is 10.3 Å². The molecule has 1 aromatic heterocycles. The van der Waals surface area contributed by atoms with Gasteiger partial charge in [-0.1, -0.05) is 0 Å². The second kappa shape index (κ2) is 5.12. The molecule has 3 nitrogen and oxygen atoms in total. The van der Waals surface area contributed by atoms with Crippen molar-refractivity contribution in [3.05, 3.63) is 30.1 Å². The predicted octanol–water partition coefficient (Wildman–Crippen LogP) is 2.22. The minimum absolute atomic E-state index is 0.0903. The maximum absolute atomic E-state index is 11.8. The zero-order valence-corrected chi connectivity index (χ0v) is 9.71. The predicted molar refractivity (Wildman–Crippen MR) is 61.1 cm³/mol. The highest BCUT2D eigenvalue weighted by Gasteiger charge is 2.20. The summed E-state index contributed by atoms with van der Waals surface area (Å²) in [5.74, 6) is 0.441. The molecular formula is C11H15ClN2O. The van der Waals surface area contributed by atoms with Crippen LogP contribution in [0.5, 0.6) is 0 Å².